The molecule has 52 heavy (non-hydrogen) atoms. The van der Waals surface area contributed by atoms with Crippen molar-refractivity contribution in [2.24, 2.45) is 49.9 Å². The van der Waals surface area contributed by atoms with Crippen molar-refractivity contribution in [3.8, 4) is 0 Å². The highest BCUT2D eigenvalue weighted by molar-refractivity contribution is 6.06. The fourth-order valence-corrected chi connectivity index (χ4v) is 11.6. The molecule has 3 saturated carbocycles. The van der Waals surface area contributed by atoms with Crippen molar-refractivity contribution >= 4 is 17.7 Å². The Labute approximate surface area is 310 Å². The number of fused-ring (bicyclic) bond motifs is 7. The number of carbonyl (C=O) groups excluding carboxylic acids is 2. The van der Waals surface area contributed by atoms with Crippen LogP contribution in [0, 0.1) is 44.8 Å². The second-order valence-corrected chi connectivity index (χ2v) is 17.9. The number of nitrogens with zero attached hydrogens (tertiary/aromatic N) is 3. The van der Waals surface area contributed by atoms with E-state index < -0.39 is 11.4 Å². The lowest BCUT2D eigenvalue weighted by molar-refractivity contribution is -0.197. The second-order valence-electron chi connectivity index (χ2n) is 17.9. The van der Waals surface area contributed by atoms with Gasteiger partial charge in [-0.05, 0) is 128 Å². The first-order valence-corrected chi connectivity index (χ1v) is 19.7. The number of nitrogens with one attached hydrogen (secondary N) is 1. The van der Waals surface area contributed by atoms with Gasteiger partial charge >= 0.3 is 5.97 Å². The third-order valence-corrected chi connectivity index (χ3v) is 15.0. The highest BCUT2D eigenvalue weighted by Crippen LogP contribution is 2.76. The molecule has 0 heterocycles. The number of aliphatic hydroxyl groups is 1. The molecule has 8 atom stereocenters. The van der Waals surface area contributed by atoms with Crippen LogP contribution in [0.2, 0.25) is 0 Å². The predicted octanol–water partition coefficient (Wildman–Crippen LogP) is 9.34. The lowest BCUT2D eigenvalue weighted by Crippen LogP contribution is -2.64. The van der Waals surface area contributed by atoms with Gasteiger partial charge in [-0.25, -0.2) is 0 Å². The maximum atomic E-state index is 13.1. The number of azide groups is 1. The van der Waals surface area contributed by atoms with E-state index in [2.05, 4.69) is 62.1 Å². The summed E-state index contributed by atoms with van der Waals surface area (Å²) in [5.41, 5.74) is 10.9. The number of carboxylic acids is 1. The van der Waals surface area contributed by atoms with Gasteiger partial charge in [0.05, 0.1) is 18.6 Å². The van der Waals surface area contributed by atoms with E-state index in [1.807, 2.05) is 13.8 Å². The lowest BCUT2D eigenvalue weighted by atomic mass is 9.33. The lowest BCUT2D eigenvalue weighted by Gasteiger charge is -2.71. The Kier molecular flexibility index (Phi) is 11.6. The van der Waals surface area contributed by atoms with Crippen LogP contribution in [0.15, 0.2) is 51.4 Å². The molecular formula is C42H62N4O6. The van der Waals surface area contributed by atoms with E-state index in [1.54, 1.807) is 6.08 Å². The number of hydrogen-bond donors (Lipinski definition) is 3. The first kappa shape index (κ1) is 39.8. The smallest absolute Gasteiger partial charge is 0.309 e. The summed E-state index contributed by atoms with van der Waals surface area (Å²) in [7, 11) is 0. The summed E-state index contributed by atoms with van der Waals surface area (Å²) in [6.07, 6.45) is 16.5. The van der Waals surface area contributed by atoms with Crippen molar-refractivity contribution in [3.05, 3.63) is 56.7 Å². The van der Waals surface area contributed by atoms with E-state index in [-0.39, 0.29) is 57.5 Å². The maximum absolute atomic E-state index is 13.1. The normalized spacial score (nSPS) is 35.8. The molecule has 0 radical (unpaired) electrons. The Morgan fingerprint density at radius 1 is 1.08 bits per heavy atom. The molecule has 0 aliphatic heterocycles. The fraction of sp³-hybridized carbons (Fsp3) is 0.738. The SMILES string of the molecule is CCCC(CCCC(=O)NCCOCCN=[N+]=[N-])CC1C[C@@](C)(C(=O)O)CC2[C@@]1(C)CC[C@]1(C)C3=CC=C4C(=CC(=O)C(O)=C4C)[C@]3(C)CC[C@@]21C. The van der Waals surface area contributed by atoms with Crippen LogP contribution in [0.25, 0.3) is 10.4 Å². The molecule has 5 aliphatic carbocycles. The zero-order valence-corrected chi connectivity index (χ0v) is 32.6. The third-order valence-electron chi connectivity index (χ3n) is 15.0. The molecular weight excluding hydrogens is 656 g/mol. The summed E-state index contributed by atoms with van der Waals surface area (Å²) in [5, 5.41) is 27.7. The zero-order valence-electron chi connectivity index (χ0n) is 32.6. The summed E-state index contributed by atoms with van der Waals surface area (Å²) in [6, 6.07) is 0. The third kappa shape index (κ3) is 6.90. The Hall–Kier alpha value is -3.36. The van der Waals surface area contributed by atoms with Crippen molar-refractivity contribution < 1.29 is 29.3 Å². The Morgan fingerprint density at radius 2 is 1.83 bits per heavy atom. The Balaban J connectivity index is 1.36. The van der Waals surface area contributed by atoms with Crippen molar-refractivity contribution in [2.75, 3.05) is 26.3 Å². The quantitative estimate of drug-likeness (QED) is 0.0662. The van der Waals surface area contributed by atoms with Crippen LogP contribution in [0.4, 0.5) is 0 Å². The van der Waals surface area contributed by atoms with E-state index in [1.165, 1.54) is 5.57 Å². The van der Waals surface area contributed by atoms with Gasteiger partial charge < -0.3 is 20.3 Å². The number of ether oxygens (including phenoxy) is 1. The molecule has 0 spiro atoms. The monoisotopic (exact) mass is 718 g/mol. The van der Waals surface area contributed by atoms with Crippen LogP contribution in [-0.4, -0.2) is 54.2 Å². The topological polar surface area (TPSA) is 162 Å². The Morgan fingerprint density at radius 3 is 2.52 bits per heavy atom. The molecule has 5 rings (SSSR count). The van der Waals surface area contributed by atoms with Gasteiger partial charge in [0, 0.05) is 35.4 Å². The molecule has 5 aliphatic rings. The van der Waals surface area contributed by atoms with E-state index in [4.69, 9.17) is 10.3 Å². The number of aliphatic carboxylic acids is 1. The predicted molar refractivity (Wildman–Crippen MR) is 202 cm³/mol. The number of rotatable bonds is 15. The molecule has 0 aromatic rings. The molecule has 10 nitrogen and oxygen atoms in total. The van der Waals surface area contributed by atoms with Crippen molar-refractivity contribution in [1.82, 2.24) is 5.32 Å². The first-order valence-electron chi connectivity index (χ1n) is 19.7. The molecule has 0 saturated heterocycles. The maximum Gasteiger partial charge on any atom is 0.309 e. The van der Waals surface area contributed by atoms with Gasteiger partial charge in [-0.15, -0.1) is 0 Å². The van der Waals surface area contributed by atoms with E-state index in [9.17, 15) is 24.6 Å². The van der Waals surface area contributed by atoms with Crippen LogP contribution in [0.5, 0.6) is 0 Å². The van der Waals surface area contributed by atoms with Crippen LogP contribution in [0.1, 0.15) is 126 Å². The average molecular weight is 719 g/mol. The van der Waals surface area contributed by atoms with Crippen molar-refractivity contribution in [2.45, 2.75) is 126 Å². The van der Waals surface area contributed by atoms with Gasteiger partial charge in [0.25, 0.3) is 0 Å². The van der Waals surface area contributed by atoms with Gasteiger partial charge in [-0.1, -0.05) is 70.3 Å². The standard InChI is InChI=1S/C42H62N4O6/c1-8-10-28(11-9-12-35(48)44-19-21-52-22-20-45-46-43)23-29-25-38(3,37(50)51)26-34-39(29,4)15-17-41(6)33-14-13-30-27(2)36(49)32(47)24-31(30)40(33,5)16-18-42(34,41)7/h13-14,24,28-29,34,49H,8-12,15-23,25-26H2,1-7H3,(H,44,48)(H,50,51)/t28?,29?,34?,38-,39+,40+,41-,42+/m1/s1. The van der Waals surface area contributed by atoms with E-state index >= 15 is 0 Å². The van der Waals surface area contributed by atoms with E-state index in [0.29, 0.717) is 50.5 Å². The van der Waals surface area contributed by atoms with Gasteiger partial charge in [-0.2, -0.15) is 0 Å². The number of amides is 1. The van der Waals surface area contributed by atoms with Crippen molar-refractivity contribution in [1.29, 1.82) is 0 Å². The second kappa shape index (κ2) is 15.2. The minimum atomic E-state index is -0.817. The fourth-order valence-electron chi connectivity index (χ4n) is 11.6. The van der Waals surface area contributed by atoms with Gasteiger partial charge in [0.1, 0.15) is 0 Å². The summed E-state index contributed by atoms with van der Waals surface area (Å²) in [5.74, 6) is -0.274. The zero-order chi connectivity index (χ0) is 38.1. The van der Waals surface area contributed by atoms with Crippen LogP contribution in [0.3, 0.4) is 0 Å². The molecule has 286 valence electrons. The molecule has 3 N–H and O–H groups in total. The first-order chi connectivity index (χ1) is 24.5. The molecule has 0 aromatic carbocycles. The average Bonchev–Trinajstić information content (AvgIpc) is 3.09. The largest absolute Gasteiger partial charge is 0.504 e. The van der Waals surface area contributed by atoms with Gasteiger partial charge in [0.15, 0.2) is 5.76 Å². The number of hydrogen-bond acceptors (Lipinski definition) is 6. The summed E-state index contributed by atoms with van der Waals surface area (Å²) < 4.78 is 5.39. The number of ketones is 1. The highest BCUT2D eigenvalue weighted by Gasteiger charge is 2.69. The molecule has 0 aromatic heterocycles. The summed E-state index contributed by atoms with van der Waals surface area (Å²) in [4.78, 5) is 41.4. The molecule has 3 fully saturated rings. The molecule has 1 amide bonds. The van der Waals surface area contributed by atoms with Gasteiger partial charge in [0.2, 0.25) is 11.7 Å². The number of carbonyl (C=O) groups is 3. The number of allylic oxidation sites excluding steroid dienone is 7. The summed E-state index contributed by atoms with van der Waals surface area (Å²) in [6.45, 7) is 17.1. The number of carboxylic acid groups (broad SMARTS) is 1. The van der Waals surface area contributed by atoms with Crippen LogP contribution >= 0.6 is 0 Å². The summed E-state index contributed by atoms with van der Waals surface area (Å²) >= 11 is 0. The van der Waals surface area contributed by atoms with E-state index in [0.717, 1.165) is 68.9 Å². The molecule has 10 heteroatoms. The van der Waals surface area contributed by atoms with Crippen LogP contribution < -0.4 is 5.32 Å². The van der Waals surface area contributed by atoms with Crippen LogP contribution in [-0.2, 0) is 19.1 Å². The minimum Gasteiger partial charge on any atom is -0.504 e. The minimum absolute atomic E-state index is 0.0103. The Bertz CT molecular complexity index is 1620. The van der Waals surface area contributed by atoms with Crippen molar-refractivity contribution in [3.63, 3.8) is 0 Å². The molecule has 0 bridgehead atoms. The molecule has 3 unspecified atom stereocenters. The highest BCUT2D eigenvalue weighted by atomic mass is 16.5. The number of aliphatic hydroxyl groups excluding tert-OH is 1. The van der Waals surface area contributed by atoms with Gasteiger partial charge in [-0.3, -0.25) is 14.4 Å².